The third-order valence-electron chi connectivity index (χ3n) is 7.48. The van der Waals surface area contributed by atoms with Crippen LogP contribution in [0.2, 0.25) is 0 Å². The highest BCUT2D eigenvalue weighted by molar-refractivity contribution is 5.56. The van der Waals surface area contributed by atoms with Crippen LogP contribution < -0.4 is 15.0 Å². The first-order valence-electron chi connectivity index (χ1n) is 13.1. The van der Waals surface area contributed by atoms with Gasteiger partial charge in [-0.2, -0.15) is 26.3 Å². The number of benzene rings is 3. The molecule has 4 nitrogen and oxygen atoms in total. The van der Waals surface area contributed by atoms with Crippen molar-refractivity contribution in [2.24, 2.45) is 0 Å². The van der Waals surface area contributed by atoms with Crippen molar-refractivity contribution < 1.29 is 31.1 Å². The van der Waals surface area contributed by atoms with Crippen LogP contribution >= 0.6 is 0 Å². The second kappa shape index (κ2) is 12.1. The summed E-state index contributed by atoms with van der Waals surface area (Å²) >= 11 is 0. The Hall–Kier alpha value is -3.24. The Bertz CT molecular complexity index is 1270. The van der Waals surface area contributed by atoms with E-state index in [1.54, 1.807) is 7.11 Å². The van der Waals surface area contributed by atoms with E-state index in [9.17, 15) is 26.3 Å². The summed E-state index contributed by atoms with van der Waals surface area (Å²) in [7, 11) is 1.57. The quantitative estimate of drug-likeness (QED) is 0.298. The summed E-state index contributed by atoms with van der Waals surface area (Å²) in [5.41, 5.74) is 1.83. The van der Waals surface area contributed by atoms with Gasteiger partial charge in [0.25, 0.3) is 0 Å². The van der Waals surface area contributed by atoms with Gasteiger partial charge in [0.2, 0.25) is 0 Å². The standard InChI is InChI=1S/C30H33F6N3O/c1-20-7-6-9-26(21(20)2)38-11-13-39(14-12-38)27(25-8-4-5-10-28(25)40-3)19-37-18-22-15-23(29(31,32)33)17-24(16-22)30(34,35)36/h4-10,15-17,27,37H,11-14,18-19H2,1-3H3. The smallest absolute Gasteiger partial charge is 0.416 e. The molecule has 4 rings (SSSR count). The Morgan fingerprint density at radius 3 is 2.05 bits per heavy atom. The molecule has 1 atom stereocenters. The van der Waals surface area contributed by atoms with Crippen LogP contribution in [0.4, 0.5) is 32.0 Å². The Kier molecular flexibility index (Phi) is 8.99. The SMILES string of the molecule is COc1ccccc1C(CNCc1cc(C(F)(F)F)cc(C(F)(F)F)c1)N1CCN(c2cccc(C)c2C)CC1. The lowest BCUT2D eigenvalue weighted by Crippen LogP contribution is -2.49. The second-order valence-corrected chi connectivity index (χ2v) is 10.0. The first kappa shape index (κ1) is 29.7. The van der Waals surface area contributed by atoms with Gasteiger partial charge in [0.05, 0.1) is 24.3 Å². The van der Waals surface area contributed by atoms with Gasteiger partial charge >= 0.3 is 12.4 Å². The zero-order chi connectivity index (χ0) is 29.1. The second-order valence-electron chi connectivity index (χ2n) is 10.0. The lowest BCUT2D eigenvalue weighted by atomic mass is 10.0. The monoisotopic (exact) mass is 565 g/mol. The number of ether oxygens (including phenoxy) is 1. The first-order valence-corrected chi connectivity index (χ1v) is 13.1. The largest absolute Gasteiger partial charge is 0.496 e. The van der Waals surface area contributed by atoms with Crippen molar-refractivity contribution in [1.82, 2.24) is 10.2 Å². The van der Waals surface area contributed by atoms with E-state index in [2.05, 4.69) is 41.1 Å². The van der Waals surface area contributed by atoms with E-state index < -0.39 is 23.5 Å². The third kappa shape index (κ3) is 6.90. The van der Waals surface area contributed by atoms with Crippen LogP contribution in [0.5, 0.6) is 5.75 Å². The van der Waals surface area contributed by atoms with Gasteiger partial charge in [0, 0.05) is 50.5 Å². The minimum atomic E-state index is -4.88. The topological polar surface area (TPSA) is 27.7 Å². The predicted molar refractivity (Wildman–Crippen MR) is 144 cm³/mol. The van der Waals surface area contributed by atoms with Crippen LogP contribution in [0.3, 0.4) is 0 Å². The summed E-state index contributed by atoms with van der Waals surface area (Å²) < 4.78 is 85.5. The van der Waals surface area contributed by atoms with Gasteiger partial charge in [-0.05, 0) is 60.9 Å². The number of anilines is 1. The lowest BCUT2D eigenvalue weighted by molar-refractivity contribution is -0.143. The minimum absolute atomic E-state index is 0.0827. The predicted octanol–water partition coefficient (Wildman–Crippen LogP) is 7.00. The molecule has 0 bridgehead atoms. The molecular formula is C30H33F6N3O. The number of alkyl halides is 6. The van der Waals surface area contributed by atoms with Gasteiger partial charge in [-0.25, -0.2) is 0 Å². The van der Waals surface area contributed by atoms with E-state index >= 15 is 0 Å². The fraction of sp³-hybridized carbons (Fsp3) is 0.400. The van der Waals surface area contributed by atoms with Gasteiger partial charge in [-0.1, -0.05) is 30.3 Å². The number of halogens is 6. The molecule has 10 heteroatoms. The van der Waals surface area contributed by atoms with Crippen molar-refractivity contribution in [2.45, 2.75) is 38.8 Å². The average molecular weight is 566 g/mol. The molecule has 0 spiro atoms. The normalized spacial score (nSPS) is 15.8. The van der Waals surface area contributed by atoms with Gasteiger partial charge in [-0.3, -0.25) is 4.90 Å². The fourth-order valence-electron chi connectivity index (χ4n) is 5.20. The highest BCUT2D eigenvalue weighted by Crippen LogP contribution is 2.37. The highest BCUT2D eigenvalue weighted by Gasteiger charge is 2.37. The Morgan fingerprint density at radius 2 is 1.45 bits per heavy atom. The lowest BCUT2D eigenvalue weighted by Gasteiger charge is -2.41. The number of nitrogens with zero attached hydrogens (tertiary/aromatic N) is 2. The molecule has 1 fully saturated rings. The van der Waals surface area contributed by atoms with Crippen molar-refractivity contribution >= 4 is 5.69 Å². The number of para-hydroxylation sites is 1. The average Bonchev–Trinajstić information content (AvgIpc) is 2.92. The number of hydrogen-bond donors (Lipinski definition) is 1. The molecule has 1 saturated heterocycles. The van der Waals surface area contributed by atoms with Gasteiger partial charge in [0.15, 0.2) is 0 Å². The number of piperazine rings is 1. The first-order chi connectivity index (χ1) is 18.9. The Labute approximate surface area is 230 Å². The number of nitrogens with one attached hydrogen (secondary N) is 1. The molecule has 1 heterocycles. The maximum absolute atomic E-state index is 13.3. The Morgan fingerprint density at radius 1 is 0.825 bits per heavy atom. The number of aryl methyl sites for hydroxylation is 1. The summed E-state index contributed by atoms with van der Waals surface area (Å²) in [4.78, 5) is 4.62. The van der Waals surface area contributed by atoms with Crippen LogP contribution in [0.1, 0.15) is 39.4 Å². The molecule has 0 aromatic heterocycles. The molecule has 0 saturated carbocycles. The van der Waals surface area contributed by atoms with E-state index in [4.69, 9.17) is 4.74 Å². The summed E-state index contributed by atoms with van der Waals surface area (Å²) in [6, 6.07) is 15.2. The van der Waals surface area contributed by atoms with Crippen molar-refractivity contribution in [1.29, 1.82) is 0 Å². The van der Waals surface area contributed by atoms with E-state index in [-0.39, 0.29) is 24.2 Å². The van der Waals surface area contributed by atoms with Crippen LogP contribution in [-0.2, 0) is 18.9 Å². The molecule has 1 aliphatic rings. The van der Waals surface area contributed by atoms with E-state index in [0.717, 1.165) is 43.9 Å². The van der Waals surface area contributed by atoms with Crippen LogP contribution in [-0.4, -0.2) is 44.7 Å². The zero-order valence-corrected chi connectivity index (χ0v) is 22.7. The molecule has 0 radical (unpaired) electrons. The Balaban J connectivity index is 1.53. The number of hydrogen-bond acceptors (Lipinski definition) is 4. The molecule has 3 aromatic rings. The molecule has 216 valence electrons. The number of rotatable bonds is 8. The summed E-state index contributed by atoms with van der Waals surface area (Å²) in [5.74, 6) is 0.671. The molecule has 1 N–H and O–H groups in total. The van der Waals surface area contributed by atoms with Crippen molar-refractivity contribution in [3.63, 3.8) is 0 Å². The van der Waals surface area contributed by atoms with E-state index in [1.165, 1.54) is 16.8 Å². The van der Waals surface area contributed by atoms with E-state index in [1.807, 2.05) is 30.3 Å². The third-order valence-corrected chi connectivity index (χ3v) is 7.48. The molecular weight excluding hydrogens is 532 g/mol. The molecule has 1 unspecified atom stereocenters. The molecule has 40 heavy (non-hydrogen) atoms. The zero-order valence-electron chi connectivity index (χ0n) is 22.7. The molecule has 1 aliphatic heterocycles. The highest BCUT2D eigenvalue weighted by atomic mass is 19.4. The van der Waals surface area contributed by atoms with Crippen LogP contribution in [0.15, 0.2) is 60.7 Å². The molecule has 3 aromatic carbocycles. The van der Waals surface area contributed by atoms with Crippen molar-refractivity contribution in [3.05, 3.63) is 94.0 Å². The van der Waals surface area contributed by atoms with Crippen LogP contribution in [0.25, 0.3) is 0 Å². The van der Waals surface area contributed by atoms with Crippen LogP contribution in [0, 0.1) is 13.8 Å². The van der Waals surface area contributed by atoms with Gasteiger partial charge in [-0.15, -0.1) is 0 Å². The fourth-order valence-corrected chi connectivity index (χ4v) is 5.20. The summed E-state index contributed by atoms with van der Waals surface area (Å²) in [5, 5.41) is 3.12. The van der Waals surface area contributed by atoms with Gasteiger partial charge in [0.1, 0.15) is 5.75 Å². The van der Waals surface area contributed by atoms with Crippen molar-refractivity contribution in [3.8, 4) is 5.75 Å². The van der Waals surface area contributed by atoms with Crippen molar-refractivity contribution in [2.75, 3.05) is 44.7 Å². The number of methoxy groups -OCH3 is 1. The molecule has 0 aliphatic carbocycles. The van der Waals surface area contributed by atoms with E-state index in [0.29, 0.717) is 12.3 Å². The van der Waals surface area contributed by atoms with Gasteiger partial charge < -0.3 is 15.0 Å². The molecule has 0 amide bonds. The summed E-state index contributed by atoms with van der Waals surface area (Å²) in [6.07, 6.45) is -9.77. The maximum Gasteiger partial charge on any atom is 0.416 e. The summed E-state index contributed by atoms with van der Waals surface area (Å²) in [6.45, 7) is 7.34. The maximum atomic E-state index is 13.3. The minimum Gasteiger partial charge on any atom is -0.496 e.